The second kappa shape index (κ2) is 10.6. The first-order valence-corrected chi connectivity index (χ1v) is 11.8. The van der Waals surface area contributed by atoms with Crippen molar-refractivity contribution in [3.63, 3.8) is 0 Å². The van der Waals surface area contributed by atoms with Gasteiger partial charge in [0, 0.05) is 32.2 Å². The van der Waals surface area contributed by atoms with E-state index in [1.807, 2.05) is 30.3 Å². The minimum absolute atomic E-state index is 0.0202. The molecule has 0 saturated heterocycles. The van der Waals surface area contributed by atoms with Gasteiger partial charge >= 0.3 is 0 Å². The minimum atomic E-state index is -0.849. The summed E-state index contributed by atoms with van der Waals surface area (Å²) in [5.41, 5.74) is 2.26. The van der Waals surface area contributed by atoms with E-state index >= 15 is 0 Å². The summed E-state index contributed by atoms with van der Waals surface area (Å²) in [5, 5.41) is 11.1. The van der Waals surface area contributed by atoms with Crippen LogP contribution in [0.25, 0.3) is 0 Å². The van der Waals surface area contributed by atoms with Gasteiger partial charge in [-0.3, -0.25) is 4.79 Å². The van der Waals surface area contributed by atoms with E-state index in [1.165, 1.54) is 14.2 Å². The van der Waals surface area contributed by atoms with Gasteiger partial charge in [-0.25, -0.2) is 0 Å². The number of ether oxygens (including phenoxy) is 7. The molecule has 1 aliphatic carbocycles. The number of methoxy groups -OCH3 is 3. The van der Waals surface area contributed by atoms with E-state index in [-0.39, 0.29) is 32.2 Å². The summed E-state index contributed by atoms with van der Waals surface area (Å²) in [6.07, 6.45) is -1.87. The van der Waals surface area contributed by atoms with Crippen LogP contribution in [0, 0.1) is 0 Å². The second-order valence-corrected chi connectivity index (χ2v) is 9.05. The van der Waals surface area contributed by atoms with Crippen molar-refractivity contribution in [1.82, 2.24) is 4.90 Å². The number of carbonyl (C=O) groups is 1. The Balaban J connectivity index is 1.58. The molecule has 2 aromatic carbocycles. The van der Waals surface area contributed by atoms with Gasteiger partial charge in [-0.1, -0.05) is 12.1 Å². The number of fused-ring (bicyclic) bond motifs is 4. The predicted molar refractivity (Wildman–Crippen MR) is 126 cm³/mol. The number of carbonyl (C=O) groups excluding carboxylic acids is 1. The van der Waals surface area contributed by atoms with Crippen molar-refractivity contribution < 1.29 is 43.1 Å². The lowest BCUT2D eigenvalue weighted by atomic mass is 9.70. The molecule has 2 aliphatic heterocycles. The Hall–Kier alpha value is -2.89. The monoisotopic (exact) mass is 501 g/mol. The Morgan fingerprint density at radius 2 is 1.64 bits per heavy atom. The van der Waals surface area contributed by atoms with Gasteiger partial charge in [0.25, 0.3) is 5.91 Å². The molecule has 10 heteroatoms. The molecule has 0 aromatic heterocycles. The maximum absolute atomic E-state index is 14.0. The van der Waals surface area contributed by atoms with Crippen molar-refractivity contribution in [2.45, 2.75) is 43.2 Å². The highest BCUT2D eigenvalue weighted by Crippen LogP contribution is 2.48. The lowest BCUT2D eigenvalue weighted by Gasteiger charge is -2.51. The van der Waals surface area contributed by atoms with Gasteiger partial charge in [0.05, 0.1) is 19.3 Å². The van der Waals surface area contributed by atoms with Gasteiger partial charge in [0.1, 0.15) is 31.5 Å². The highest BCUT2D eigenvalue weighted by molar-refractivity contribution is 5.98. The van der Waals surface area contributed by atoms with Crippen LogP contribution in [0.4, 0.5) is 0 Å². The third-order valence-corrected chi connectivity index (χ3v) is 7.01. The van der Waals surface area contributed by atoms with Crippen LogP contribution in [0.5, 0.6) is 17.2 Å². The minimum Gasteiger partial charge on any atom is -0.497 e. The second-order valence-electron chi connectivity index (χ2n) is 9.05. The lowest BCUT2D eigenvalue weighted by Crippen LogP contribution is -2.63. The molecule has 2 heterocycles. The van der Waals surface area contributed by atoms with Crippen molar-refractivity contribution in [3.05, 3.63) is 53.1 Å². The molecule has 5 atom stereocenters. The van der Waals surface area contributed by atoms with E-state index in [1.54, 1.807) is 18.1 Å². The third-order valence-electron chi connectivity index (χ3n) is 7.01. The summed E-state index contributed by atoms with van der Waals surface area (Å²) in [6.45, 7) is 0.392. The van der Waals surface area contributed by atoms with Crippen LogP contribution in [0.15, 0.2) is 36.4 Å². The van der Waals surface area contributed by atoms with Crippen molar-refractivity contribution in [2.24, 2.45) is 0 Å². The van der Waals surface area contributed by atoms with Gasteiger partial charge in [-0.15, -0.1) is 0 Å². The molecule has 5 rings (SSSR count). The molecule has 3 aliphatic rings. The number of rotatable bonds is 9. The van der Waals surface area contributed by atoms with Gasteiger partial charge in [-0.2, -0.15) is 0 Å². The number of nitrogens with zero attached hydrogens (tertiary/aromatic N) is 1. The van der Waals surface area contributed by atoms with E-state index in [9.17, 15) is 9.90 Å². The van der Waals surface area contributed by atoms with Gasteiger partial charge in [0.15, 0.2) is 11.5 Å². The molecule has 10 nitrogen and oxygen atoms in total. The normalized spacial score (nSPS) is 26.5. The largest absolute Gasteiger partial charge is 0.497 e. The molecule has 0 spiro atoms. The van der Waals surface area contributed by atoms with Gasteiger partial charge in [-0.05, 0) is 41.8 Å². The molecule has 2 aromatic rings. The van der Waals surface area contributed by atoms with Gasteiger partial charge in [0.2, 0.25) is 6.79 Å². The molecule has 1 fully saturated rings. The predicted octanol–water partition coefficient (Wildman–Crippen LogP) is 2.27. The molecular formula is C26H31NO9. The first-order chi connectivity index (χ1) is 17.5. The van der Waals surface area contributed by atoms with Crippen molar-refractivity contribution in [2.75, 3.05) is 41.7 Å². The zero-order chi connectivity index (χ0) is 25.2. The fraction of sp³-hybridized carbons (Fsp3) is 0.500. The molecule has 1 saturated carbocycles. The van der Waals surface area contributed by atoms with Crippen molar-refractivity contribution >= 4 is 5.91 Å². The summed E-state index contributed by atoms with van der Waals surface area (Å²) in [4.78, 5) is 15.8. The Morgan fingerprint density at radius 1 is 0.972 bits per heavy atom. The van der Waals surface area contributed by atoms with Crippen LogP contribution < -0.4 is 14.2 Å². The quantitative estimate of drug-likeness (QED) is 0.518. The van der Waals surface area contributed by atoms with Crippen LogP contribution in [0.1, 0.15) is 33.8 Å². The number of aliphatic hydroxyl groups excluding tert-OH is 1. The Bertz CT molecular complexity index is 1080. The molecular weight excluding hydrogens is 470 g/mol. The lowest BCUT2D eigenvalue weighted by molar-refractivity contribution is -0.218. The molecule has 1 N–H and O–H groups in total. The van der Waals surface area contributed by atoms with Gasteiger partial charge < -0.3 is 43.2 Å². The van der Waals surface area contributed by atoms with E-state index in [2.05, 4.69) is 0 Å². The number of hydrogen-bond acceptors (Lipinski definition) is 9. The maximum Gasteiger partial charge on any atom is 0.254 e. The Labute approximate surface area is 209 Å². The third kappa shape index (κ3) is 4.51. The van der Waals surface area contributed by atoms with E-state index < -0.39 is 24.4 Å². The Kier molecular flexibility index (Phi) is 7.31. The zero-order valence-electron chi connectivity index (χ0n) is 20.5. The number of hydrogen-bond donors (Lipinski definition) is 1. The fourth-order valence-electron chi connectivity index (χ4n) is 5.42. The topological polar surface area (TPSA) is 105 Å². The molecule has 194 valence electrons. The average Bonchev–Trinajstić information content (AvgIpc) is 3.36. The van der Waals surface area contributed by atoms with Crippen LogP contribution >= 0.6 is 0 Å². The molecule has 1 amide bonds. The van der Waals surface area contributed by atoms with E-state index in [4.69, 9.17) is 33.2 Å². The highest BCUT2D eigenvalue weighted by atomic mass is 16.7. The smallest absolute Gasteiger partial charge is 0.254 e. The number of benzene rings is 2. The Morgan fingerprint density at radius 3 is 2.31 bits per heavy atom. The molecule has 0 bridgehead atoms. The standard InChI is InChI=1S/C26H31NO9/c1-30-12-35-24-20(28)8-18-17-9-21-22(34-14-33-21)10-19(17)26(29)27(23(18)25(24)36-13-31-2)11-15-4-6-16(32-3)7-5-15/h4-7,9-10,18,20,23-25,28H,8,11-14H2,1-3H3/t18-,20-,23-,24-,25+/m1/s1. The first-order valence-electron chi connectivity index (χ1n) is 11.8. The summed E-state index contributed by atoms with van der Waals surface area (Å²) in [6, 6.07) is 10.7. The summed E-state index contributed by atoms with van der Waals surface area (Å²) in [5.74, 6) is 1.47. The SMILES string of the molecule is COCO[C@@H]1[C@H](OCOC)[C@H](O)C[C@@H]2c3cc4c(cc3C(=O)N(Cc3ccc(OC)cc3)[C@@H]12)OCO4. The average molecular weight is 502 g/mol. The molecule has 0 unspecified atom stereocenters. The van der Waals surface area contributed by atoms with E-state index in [0.717, 1.165) is 16.9 Å². The number of amides is 1. The van der Waals surface area contributed by atoms with E-state index in [0.29, 0.717) is 30.0 Å². The highest BCUT2D eigenvalue weighted by Gasteiger charge is 2.53. The van der Waals surface area contributed by atoms with Crippen LogP contribution in [0.3, 0.4) is 0 Å². The van der Waals surface area contributed by atoms with Crippen LogP contribution in [0.2, 0.25) is 0 Å². The maximum atomic E-state index is 14.0. The van der Waals surface area contributed by atoms with Crippen molar-refractivity contribution in [3.8, 4) is 17.2 Å². The van der Waals surface area contributed by atoms with Crippen LogP contribution in [-0.2, 0) is 25.5 Å². The van der Waals surface area contributed by atoms with Crippen molar-refractivity contribution in [1.29, 1.82) is 0 Å². The zero-order valence-corrected chi connectivity index (χ0v) is 20.5. The first kappa shape index (κ1) is 24.8. The molecule has 0 radical (unpaired) electrons. The summed E-state index contributed by atoms with van der Waals surface area (Å²) in [7, 11) is 4.65. The molecule has 36 heavy (non-hydrogen) atoms. The fourth-order valence-corrected chi connectivity index (χ4v) is 5.42. The summed E-state index contributed by atoms with van der Waals surface area (Å²) < 4.78 is 38.7. The number of aliphatic hydroxyl groups is 1. The van der Waals surface area contributed by atoms with Crippen LogP contribution in [-0.4, -0.2) is 82.0 Å². The summed E-state index contributed by atoms with van der Waals surface area (Å²) >= 11 is 0.